The SMILES string of the molecule is O=C(CSc1nc2sc3c(c2c(=O)n1CCc1ccccc1)CCC3)N1CCCC1. The van der Waals surface area contributed by atoms with Gasteiger partial charge in [-0.3, -0.25) is 14.2 Å². The lowest BCUT2D eigenvalue weighted by atomic mass is 10.1. The fraction of sp³-hybridized carbons (Fsp3) is 0.435. The number of amides is 1. The van der Waals surface area contributed by atoms with E-state index in [0.29, 0.717) is 17.5 Å². The molecule has 5 rings (SSSR count). The second-order valence-electron chi connectivity index (χ2n) is 8.00. The number of rotatable bonds is 6. The van der Waals surface area contributed by atoms with Crippen LogP contribution in [0.2, 0.25) is 0 Å². The lowest BCUT2D eigenvalue weighted by Crippen LogP contribution is -2.30. The van der Waals surface area contributed by atoms with E-state index >= 15 is 0 Å². The van der Waals surface area contributed by atoms with Crippen LogP contribution in [0.5, 0.6) is 0 Å². The number of carbonyl (C=O) groups excluding carboxylic acids is 1. The number of aromatic nitrogens is 2. The average molecular weight is 440 g/mol. The van der Waals surface area contributed by atoms with Crippen LogP contribution in [0, 0.1) is 0 Å². The molecule has 2 aliphatic rings. The average Bonchev–Trinajstić information content (AvgIpc) is 3.49. The molecule has 156 valence electrons. The van der Waals surface area contributed by atoms with Crippen LogP contribution in [-0.4, -0.2) is 39.2 Å². The Balaban J connectivity index is 1.47. The molecule has 1 aliphatic heterocycles. The van der Waals surface area contributed by atoms with Crippen molar-refractivity contribution < 1.29 is 4.79 Å². The summed E-state index contributed by atoms with van der Waals surface area (Å²) in [4.78, 5) is 35.1. The van der Waals surface area contributed by atoms with Crippen LogP contribution in [-0.2, 0) is 30.6 Å². The minimum atomic E-state index is 0.0615. The molecule has 2 aromatic heterocycles. The summed E-state index contributed by atoms with van der Waals surface area (Å²) >= 11 is 3.08. The van der Waals surface area contributed by atoms with Crippen LogP contribution in [0.3, 0.4) is 0 Å². The van der Waals surface area contributed by atoms with E-state index in [1.54, 1.807) is 11.3 Å². The Kier molecular flexibility index (Phi) is 5.65. The second-order valence-corrected chi connectivity index (χ2v) is 10.0. The van der Waals surface area contributed by atoms with E-state index in [4.69, 9.17) is 4.98 Å². The molecule has 1 saturated heterocycles. The summed E-state index contributed by atoms with van der Waals surface area (Å²) in [5, 5.41) is 1.49. The second kappa shape index (κ2) is 8.55. The summed E-state index contributed by atoms with van der Waals surface area (Å²) in [5.74, 6) is 0.490. The predicted molar refractivity (Wildman–Crippen MR) is 123 cm³/mol. The van der Waals surface area contributed by atoms with Crippen molar-refractivity contribution in [1.82, 2.24) is 14.5 Å². The van der Waals surface area contributed by atoms with Crippen molar-refractivity contribution in [2.24, 2.45) is 0 Å². The van der Waals surface area contributed by atoms with Gasteiger partial charge in [-0.2, -0.15) is 0 Å². The topological polar surface area (TPSA) is 55.2 Å². The third-order valence-electron chi connectivity index (χ3n) is 6.04. The van der Waals surface area contributed by atoms with Gasteiger partial charge in [0, 0.05) is 24.5 Å². The zero-order valence-corrected chi connectivity index (χ0v) is 18.6. The van der Waals surface area contributed by atoms with Crippen LogP contribution in [0.1, 0.15) is 35.3 Å². The Hall–Kier alpha value is -2.12. The van der Waals surface area contributed by atoms with Crippen molar-refractivity contribution >= 4 is 39.2 Å². The number of benzene rings is 1. The van der Waals surface area contributed by atoms with Crippen LogP contribution >= 0.6 is 23.1 Å². The van der Waals surface area contributed by atoms with Gasteiger partial charge in [0.2, 0.25) is 5.91 Å². The fourth-order valence-electron chi connectivity index (χ4n) is 4.44. The molecule has 0 N–H and O–H groups in total. The quantitative estimate of drug-likeness (QED) is 0.432. The summed E-state index contributed by atoms with van der Waals surface area (Å²) in [6.45, 7) is 2.28. The van der Waals surface area contributed by atoms with Gasteiger partial charge in [0.1, 0.15) is 4.83 Å². The Labute approximate surface area is 184 Å². The maximum Gasteiger partial charge on any atom is 0.263 e. The molecule has 0 bridgehead atoms. The van der Waals surface area contributed by atoms with Crippen LogP contribution in [0.25, 0.3) is 10.2 Å². The van der Waals surface area contributed by atoms with Gasteiger partial charge in [0.05, 0.1) is 11.1 Å². The van der Waals surface area contributed by atoms with E-state index in [1.165, 1.54) is 27.8 Å². The molecule has 0 spiro atoms. The summed E-state index contributed by atoms with van der Waals surface area (Å²) in [6, 6.07) is 10.2. The fourth-order valence-corrected chi connectivity index (χ4v) is 6.67. The highest BCUT2D eigenvalue weighted by Crippen LogP contribution is 2.35. The number of thioether (sulfide) groups is 1. The standard InChI is InChI=1S/C23H25N3O2S2/c27-19(25-12-4-5-13-25)15-29-23-24-21-20(17-9-6-10-18(17)30-21)22(28)26(23)14-11-16-7-2-1-3-8-16/h1-3,7-8H,4-6,9-15H2. The highest BCUT2D eigenvalue weighted by atomic mass is 32.2. The summed E-state index contributed by atoms with van der Waals surface area (Å²) in [7, 11) is 0. The Morgan fingerprint density at radius 3 is 2.70 bits per heavy atom. The lowest BCUT2D eigenvalue weighted by molar-refractivity contribution is -0.127. The number of aryl methyl sites for hydroxylation is 3. The van der Waals surface area contributed by atoms with Crippen molar-refractivity contribution in [3.05, 3.63) is 56.7 Å². The normalized spacial score (nSPS) is 15.8. The van der Waals surface area contributed by atoms with Gasteiger partial charge in [0.25, 0.3) is 5.56 Å². The largest absolute Gasteiger partial charge is 0.342 e. The molecule has 3 aromatic rings. The van der Waals surface area contributed by atoms with E-state index in [9.17, 15) is 9.59 Å². The van der Waals surface area contributed by atoms with E-state index in [-0.39, 0.29) is 11.5 Å². The molecule has 0 saturated carbocycles. The highest BCUT2D eigenvalue weighted by Gasteiger charge is 2.24. The van der Waals surface area contributed by atoms with Gasteiger partial charge >= 0.3 is 0 Å². The van der Waals surface area contributed by atoms with Crippen molar-refractivity contribution in [1.29, 1.82) is 0 Å². The summed E-state index contributed by atoms with van der Waals surface area (Å²) in [6.07, 6.45) is 6.10. The number of nitrogens with zero attached hydrogens (tertiary/aromatic N) is 3. The zero-order chi connectivity index (χ0) is 20.5. The molecule has 0 atom stereocenters. The first-order valence-corrected chi connectivity index (χ1v) is 12.5. The predicted octanol–water partition coefficient (Wildman–Crippen LogP) is 3.90. The molecular formula is C23H25N3O2S2. The Morgan fingerprint density at radius 1 is 1.10 bits per heavy atom. The number of likely N-dealkylation sites (tertiary alicyclic amines) is 1. The molecule has 0 radical (unpaired) electrons. The maximum atomic E-state index is 13.5. The van der Waals surface area contributed by atoms with Gasteiger partial charge in [-0.05, 0) is 49.7 Å². The summed E-state index contributed by atoms with van der Waals surface area (Å²) in [5.41, 5.74) is 2.47. The first kappa shape index (κ1) is 19.8. The molecule has 0 unspecified atom stereocenters. The summed E-state index contributed by atoms with van der Waals surface area (Å²) < 4.78 is 1.81. The number of thiophene rings is 1. The number of fused-ring (bicyclic) bond motifs is 3. The monoisotopic (exact) mass is 439 g/mol. The third kappa shape index (κ3) is 3.81. The number of hydrogen-bond donors (Lipinski definition) is 0. The van der Waals surface area contributed by atoms with Gasteiger partial charge in [0.15, 0.2) is 5.16 Å². The first-order chi connectivity index (χ1) is 14.7. The van der Waals surface area contributed by atoms with Gasteiger partial charge in [-0.15, -0.1) is 11.3 Å². The van der Waals surface area contributed by atoms with Crippen LogP contribution in [0.4, 0.5) is 0 Å². The van der Waals surface area contributed by atoms with E-state index < -0.39 is 0 Å². The molecule has 5 nitrogen and oxygen atoms in total. The molecule has 1 fully saturated rings. The van der Waals surface area contributed by atoms with Crippen LogP contribution < -0.4 is 5.56 Å². The van der Waals surface area contributed by atoms with Gasteiger partial charge in [-0.1, -0.05) is 42.1 Å². The van der Waals surface area contributed by atoms with E-state index in [1.807, 2.05) is 27.7 Å². The lowest BCUT2D eigenvalue weighted by Gasteiger charge is -2.16. The number of hydrogen-bond acceptors (Lipinski definition) is 5. The molecule has 3 heterocycles. The van der Waals surface area contributed by atoms with Gasteiger partial charge < -0.3 is 4.90 Å². The third-order valence-corrected chi connectivity index (χ3v) is 8.19. The van der Waals surface area contributed by atoms with Crippen molar-refractivity contribution in [2.45, 2.75) is 50.2 Å². The Morgan fingerprint density at radius 2 is 1.90 bits per heavy atom. The van der Waals surface area contributed by atoms with Crippen molar-refractivity contribution in [3.63, 3.8) is 0 Å². The minimum absolute atomic E-state index is 0.0615. The molecule has 1 amide bonds. The zero-order valence-electron chi connectivity index (χ0n) is 16.9. The molecular weight excluding hydrogens is 414 g/mol. The molecule has 1 aliphatic carbocycles. The van der Waals surface area contributed by atoms with E-state index in [2.05, 4.69) is 12.1 Å². The van der Waals surface area contributed by atoms with E-state index in [0.717, 1.165) is 61.8 Å². The van der Waals surface area contributed by atoms with Gasteiger partial charge in [-0.25, -0.2) is 4.98 Å². The number of carbonyl (C=O) groups is 1. The first-order valence-electron chi connectivity index (χ1n) is 10.7. The van der Waals surface area contributed by atoms with Crippen molar-refractivity contribution in [3.8, 4) is 0 Å². The van der Waals surface area contributed by atoms with Crippen LogP contribution in [0.15, 0.2) is 40.3 Å². The minimum Gasteiger partial charge on any atom is -0.342 e. The maximum absolute atomic E-state index is 13.5. The molecule has 1 aromatic carbocycles. The molecule has 7 heteroatoms. The highest BCUT2D eigenvalue weighted by molar-refractivity contribution is 7.99. The van der Waals surface area contributed by atoms with Crippen molar-refractivity contribution in [2.75, 3.05) is 18.8 Å². The smallest absolute Gasteiger partial charge is 0.263 e. The molecule has 30 heavy (non-hydrogen) atoms. The Bertz CT molecular complexity index is 1130.